The van der Waals surface area contributed by atoms with E-state index < -0.39 is 6.10 Å². The number of aliphatic hydroxyl groups excluding tert-OH is 1. The number of benzene rings is 1. The molecule has 0 saturated carbocycles. The van der Waals surface area contributed by atoms with Gasteiger partial charge in [-0.25, -0.2) is 4.98 Å². The molecule has 1 atom stereocenters. The standard InChI is InChI=1S/C25H25N5O2/c1-19(31)25-27-12-16-30(25)18-23-17-24(32-28-23)22-7-5-20(6-8-22)3-4-21-9-14-29(15-10-21)13-2-11-26/h5-9,12,16-17,19,31H,2,10,13-15,18H2,1H3/t19-/m0/s1. The molecule has 3 aromatic rings. The number of hydrogen-bond acceptors (Lipinski definition) is 6. The molecule has 2 aromatic heterocycles. The topological polar surface area (TPSA) is 91.1 Å². The van der Waals surface area contributed by atoms with Crippen molar-refractivity contribution in [2.75, 3.05) is 19.6 Å². The van der Waals surface area contributed by atoms with Crippen LogP contribution >= 0.6 is 0 Å². The van der Waals surface area contributed by atoms with Crippen molar-refractivity contribution in [3.8, 4) is 29.2 Å². The summed E-state index contributed by atoms with van der Waals surface area (Å²) >= 11 is 0. The van der Waals surface area contributed by atoms with Crippen molar-refractivity contribution in [2.24, 2.45) is 0 Å². The molecule has 1 aromatic carbocycles. The van der Waals surface area contributed by atoms with Gasteiger partial charge in [0.25, 0.3) is 0 Å². The van der Waals surface area contributed by atoms with Crippen LogP contribution in [0.1, 0.15) is 43.0 Å². The predicted molar refractivity (Wildman–Crippen MR) is 120 cm³/mol. The largest absolute Gasteiger partial charge is 0.385 e. The number of nitriles is 1. The third kappa shape index (κ3) is 5.33. The molecule has 0 bridgehead atoms. The van der Waals surface area contributed by atoms with Gasteiger partial charge in [-0.3, -0.25) is 4.90 Å². The highest BCUT2D eigenvalue weighted by Crippen LogP contribution is 2.22. The number of aliphatic hydroxyl groups is 1. The maximum Gasteiger partial charge on any atom is 0.167 e. The number of aromatic nitrogens is 3. The summed E-state index contributed by atoms with van der Waals surface area (Å²) < 4.78 is 7.37. The fourth-order valence-corrected chi connectivity index (χ4v) is 3.63. The second-order valence-electron chi connectivity index (χ2n) is 7.79. The molecule has 3 heterocycles. The Labute approximate surface area is 187 Å². The third-order valence-electron chi connectivity index (χ3n) is 5.38. The van der Waals surface area contributed by atoms with Crippen LogP contribution in [0.4, 0.5) is 0 Å². The highest BCUT2D eigenvalue weighted by Gasteiger charge is 2.12. The van der Waals surface area contributed by atoms with Crippen molar-refractivity contribution in [2.45, 2.75) is 32.4 Å². The van der Waals surface area contributed by atoms with Gasteiger partial charge in [-0.05, 0) is 37.6 Å². The average molecular weight is 428 g/mol. The van der Waals surface area contributed by atoms with E-state index in [1.807, 2.05) is 41.1 Å². The lowest BCUT2D eigenvalue weighted by atomic mass is 10.1. The van der Waals surface area contributed by atoms with Gasteiger partial charge in [-0.2, -0.15) is 5.26 Å². The van der Waals surface area contributed by atoms with Crippen molar-refractivity contribution >= 4 is 0 Å². The van der Waals surface area contributed by atoms with E-state index in [4.69, 9.17) is 9.78 Å². The van der Waals surface area contributed by atoms with Crippen LogP contribution in [0.2, 0.25) is 0 Å². The summed E-state index contributed by atoms with van der Waals surface area (Å²) in [7, 11) is 0. The summed E-state index contributed by atoms with van der Waals surface area (Å²) in [5.41, 5.74) is 3.79. The second kappa shape index (κ2) is 10.1. The van der Waals surface area contributed by atoms with Gasteiger partial charge in [0.05, 0.1) is 12.6 Å². The number of rotatable bonds is 6. The Balaban J connectivity index is 1.38. The smallest absolute Gasteiger partial charge is 0.167 e. The van der Waals surface area contributed by atoms with Gasteiger partial charge < -0.3 is 14.2 Å². The Morgan fingerprint density at radius 2 is 2.09 bits per heavy atom. The highest BCUT2D eigenvalue weighted by molar-refractivity contribution is 5.59. The van der Waals surface area contributed by atoms with Crippen molar-refractivity contribution in [3.05, 3.63) is 71.5 Å². The number of nitrogens with zero attached hydrogens (tertiary/aromatic N) is 5. The van der Waals surface area contributed by atoms with E-state index in [1.165, 1.54) is 0 Å². The van der Waals surface area contributed by atoms with Gasteiger partial charge in [-0.1, -0.05) is 23.1 Å². The van der Waals surface area contributed by atoms with E-state index in [0.29, 0.717) is 24.6 Å². The zero-order valence-electron chi connectivity index (χ0n) is 18.0. The average Bonchev–Trinajstić information content (AvgIpc) is 3.47. The van der Waals surface area contributed by atoms with E-state index >= 15 is 0 Å². The van der Waals surface area contributed by atoms with Gasteiger partial charge in [0.15, 0.2) is 5.76 Å². The van der Waals surface area contributed by atoms with Crippen LogP contribution < -0.4 is 0 Å². The van der Waals surface area contributed by atoms with E-state index in [1.54, 1.807) is 13.1 Å². The Hall–Kier alpha value is -3.65. The predicted octanol–water partition coefficient (Wildman–Crippen LogP) is 3.54. The summed E-state index contributed by atoms with van der Waals surface area (Å²) in [5, 5.41) is 22.6. The number of hydrogen-bond donors (Lipinski definition) is 1. The van der Waals surface area contributed by atoms with E-state index in [9.17, 15) is 5.11 Å². The molecule has 1 aliphatic heterocycles. The molecule has 1 N–H and O–H groups in total. The summed E-state index contributed by atoms with van der Waals surface area (Å²) in [4.78, 5) is 6.45. The van der Waals surface area contributed by atoms with Crippen molar-refractivity contribution < 1.29 is 9.63 Å². The molecule has 0 spiro atoms. The lowest BCUT2D eigenvalue weighted by Gasteiger charge is -2.23. The van der Waals surface area contributed by atoms with Crippen molar-refractivity contribution in [1.29, 1.82) is 5.26 Å². The molecule has 4 rings (SSSR count). The Kier molecular flexibility index (Phi) is 6.81. The zero-order valence-corrected chi connectivity index (χ0v) is 18.0. The second-order valence-corrected chi connectivity index (χ2v) is 7.79. The molecule has 0 amide bonds. The van der Waals surface area contributed by atoms with Gasteiger partial charge in [0.2, 0.25) is 0 Å². The molecule has 32 heavy (non-hydrogen) atoms. The van der Waals surface area contributed by atoms with Gasteiger partial charge in [-0.15, -0.1) is 0 Å². The molecule has 162 valence electrons. The first kappa shape index (κ1) is 21.6. The van der Waals surface area contributed by atoms with E-state index in [2.05, 4.69) is 39.0 Å². The summed E-state index contributed by atoms with van der Waals surface area (Å²) in [6, 6.07) is 12.0. The van der Waals surface area contributed by atoms with Crippen LogP contribution in [0.15, 0.2) is 58.9 Å². The molecule has 7 nitrogen and oxygen atoms in total. The van der Waals surface area contributed by atoms with Crippen molar-refractivity contribution in [3.63, 3.8) is 0 Å². The van der Waals surface area contributed by atoms with Crippen LogP contribution in [-0.2, 0) is 6.54 Å². The van der Waals surface area contributed by atoms with Crippen LogP contribution in [0.5, 0.6) is 0 Å². The number of imidazole rings is 1. The Bertz CT molecular complexity index is 1190. The molecular weight excluding hydrogens is 402 g/mol. The minimum absolute atomic E-state index is 0.482. The fourth-order valence-electron chi connectivity index (χ4n) is 3.63. The van der Waals surface area contributed by atoms with Crippen LogP contribution in [0, 0.1) is 23.2 Å². The summed E-state index contributed by atoms with van der Waals surface area (Å²) in [6.45, 7) is 4.80. The molecule has 0 aliphatic carbocycles. The molecule has 0 saturated heterocycles. The minimum Gasteiger partial charge on any atom is -0.385 e. The van der Waals surface area contributed by atoms with Crippen LogP contribution in [0.3, 0.4) is 0 Å². The first-order chi connectivity index (χ1) is 15.6. The SMILES string of the molecule is C[C@H](O)c1nccn1Cc1cc(-c2ccc(C#CC3=CCN(CCC#N)CC3)cc2)on1. The lowest BCUT2D eigenvalue weighted by Crippen LogP contribution is -2.29. The normalized spacial score (nSPS) is 14.8. The lowest BCUT2D eigenvalue weighted by molar-refractivity contribution is 0.184. The van der Waals surface area contributed by atoms with Gasteiger partial charge >= 0.3 is 0 Å². The van der Waals surface area contributed by atoms with E-state index in [-0.39, 0.29) is 0 Å². The molecule has 1 aliphatic rings. The first-order valence-electron chi connectivity index (χ1n) is 10.7. The first-order valence-corrected chi connectivity index (χ1v) is 10.7. The van der Waals surface area contributed by atoms with Crippen LogP contribution in [-0.4, -0.2) is 44.3 Å². The summed E-state index contributed by atoms with van der Waals surface area (Å²) in [6.07, 6.45) is 6.48. The third-order valence-corrected chi connectivity index (χ3v) is 5.38. The van der Waals surface area contributed by atoms with Crippen molar-refractivity contribution in [1.82, 2.24) is 19.6 Å². The Morgan fingerprint density at radius 3 is 2.81 bits per heavy atom. The Morgan fingerprint density at radius 1 is 1.25 bits per heavy atom. The van der Waals surface area contributed by atoms with E-state index in [0.717, 1.165) is 48.4 Å². The minimum atomic E-state index is -0.642. The van der Waals surface area contributed by atoms with Gasteiger partial charge in [0.1, 0.15) is 17.6 Å². The molecule has 7 heteroatoms. The maximum absolute atomic E-state index is 9.80. The molecule has 0 unspecified atom stereocenters. The molecule has 0 radical (unpaired) electrons. The zero-order chi connectivity index (χ0) is 22.3. The quantitative estimate of drug-likeness (QED) is 0.605. The summed E-state index contributed by atoms with van der Waals surface area (Å²) in [5.74, 6) is 7.79. The fraction of sp³-hybridized carbons (Fsp3) is 0.320. The monoisotopic (exact) mass is 427 g/mol. The van der Waals surface area contributed by atoms with Gasteiger partial charge in [0, 0.05) is 61.2 Å². The van der Waals surface area contributed by atoms with Crippen LogP contribution in [0.25, 0.3) is 11.3 Å². The maximum atomic E-state index is 9.80. The highest BCUT2D eigenvalue weighted by atomic mass is 16.5. The molecular formula is C25H25N5O2. The molecule has 0 fully saturated rings.